The van der Waals surface area contributed by atoms with E-state index in [1.807, 2.05) is 6.92 Å². The molecule has 0 heterocycles. The van der Waals surface area contributed by atoms with E-state index in [-0.39, 0.29) is 0 Å². The molecule has 0 N–H and O–H groups in total. The van der Waals surface area contributed by atoms with Gasteiger partial charge in [0.25, 0.3) is 0 Å². The van der Waals surface area contributed by atoms with Crippen LogP contribution >= 0.6 is 18.6 Å². The third-order valence-electron chi connectivity index (χ3n) is 1.73. The quantitative estimate of drug-likeness (QED) is 0.435. The molecule has 0 saturated carbocycles. The molecule has 13 heavy (non-hydrogen) atoms. The Kier molecular flexibility index (Phi) is 11.1. The van der Waals surface area contributed by atoms with Crippen LogP contribution in [0.5, 0.6) is 0 Å². The molecule has 0 radical (unpaired) electrons. The van der Waals surface area contributed by atoms with E-state index in [0.717, 1.165) is 5.75 Å². The van der Waals surface area contributed by atoms with Crippen LogP contribution in [-0.2, 0) is 9.09 Å². The minimum absolute atomic E-state index is 0.570. The summed E-state index contributed by atoms with van der Waals surface area (Å²) >= 11 is 1.48. The Morgan fingerprint density at radius 1 is 1.15 bits per heavy atom. The average molecular weight is 224 g/mol. The molecule has 0 aliphatic carbocycles. The molecule has 0 aliphatic rings. The van der Waals surface area contributed by atoms with Crippen LogP contribution in [-0.4, -0.2) is 12.4 Å². The number of hydrogen-bond donors (Lipinski definition) is 0. The van der Waals surface area contributed by atoms with Crippen LogP contribution in [0, 0.1) is 0 Å². The van der Waals surface area contributed by atoms with Gasteiger partial charge >= 0.3 is 0 Å². The maximum Gasteiger partial charge on any atom is 0.246 e. The summed E-state index contributed by atoms with van der Waals surface area (Å²) < 4.78 is 16.0. The van der Waals surface area contributed by atoms with Crippen LogP contribution in [0.4, 0.5) is 0 Å². The monoisotopic (exact) mass is 224 g/mol. The molecule has 1 unspecified atom stereocenters. The summed E-state index contributed by atoms with van der Waals surface area (Å²) in [7, 11) is -1.77. The zero-order valence-corrected chi connectivity index (χ0v) is 10.5. The van der Waals surface area contributed by atoms with E-state index < -0.39 is 7.23 Å². The van der Waals surface area contributed by atoms with E-state index in [9.17, 15) is 4.57 Å². The van der Waals surface area contributed by atoms with Crippen LogP contribution in [0.25, 0.3) is 0 Å². The number of unbranched alkanes of at least 4 members (excludes halogenated alkanes) is 4. The van der Waals surface area contributed by atoms with Crippen LogP contribution in [0.2, 0.25) is 0 Å². The van der Waals surface area contributed by atoms with Gasteiger partial charge in [-0.15, -0.1) is 0 Å². The van der Waals surface area contributed by atoms with Gasteiger partial charge in [0.2, 0.25) is 7.23 Å². The van der Waals surface area contributed by atoms with Crippen molar-refractivity contribution in [2.45, 2.75) is 46.0 Å². The standard InChI is InChI=1S/C9H21O2PS/c1-3-5-6-7-8-9-13-12(10)11-4-2/h12H,3-9H2,1-2H3. The largest absolute Gasteiger partial charge is 0.323 e. The third kappa shape index (κ3) is 10.5. The van der Waals surface area contributed by atoms with Gasteiger partial charge in [-0.05, 0) is 13.3 Å². The molecule has 4 heteroatoms. The molecule has 1 atom stereocenters. The zero-order valence-electron chi connectivity index (χ0n) is 8.67. The van der Waals surface area contributed by atoms with Crippen molar-refractivity contribution in [3.05, 3.63) is 0 Å². The highest BCUT2D eigenvalue weighted by Gasteiger charge is 1.97. The van der Waals surface area contributed by atoms with Gasteiger partial charge in [-0.25, -0.2) is 0 Å². The molecule has 0 bridgehead atoms. The van der Waals surface area contributed by atoms with Gasteiger partial charge in [-0.3, -0.25) is 4.57 Å². The SMILES string of the molecule is CCCCCCCS[PH](=O)OCC. The zero-order chi connectivity index (χ0) is 9.94. The third-order valence-corrected chi connectivity index (χ3v) is 4.66. The molecule has 2 nitrogen and oxygen atoms in total. The highest BCUT2D eigenvalue weighted by Crippen LogP contribution is 2.39. The molecule has 0 fully saturated rings. The summed E-state index contributed by atoms with van der Waals surface area (Å²) in [6, 6.07) is 0. The van der Waals surface area contributed by atoms with E-state index in [1.54, 1.807) is 0 Å². The number of rotatable bonds is 9. The first-order chi connectivity index (χ1) is 6.31. The normalized spacial score (nSPS) is 13.1. The minimum Gasteiger partial charge on any atom is -0.323 e. The predicted octanol–water partition coefficient (Wildman–Crippen LogP) is 4.12. The minimum atomic E-state index is -1.77. The van der Waals surface area contributed by atoms with Crippen LogP contribution in [0.1, 0.15) is 46.0 Å². The Labute approximate surface area is 86.4 Å². The Bertz CT molecular complexity index is 131. The first kappa shape index (κ1) is 13.5. The van der Waals surface area contributed by atoms with E-state index >= 15 is 0 Å². The van der Waals surface area contributed by atoms with Crippen molar-refractivity contribution in [1.29, 1.82) is 0 Å². The lowest BCUT2D eigenvalue weighted by atomic mass is 10.2. The predicted molar refractivity (Wildman–Crippen MR) is 61.8 cm³/mol. The van der Waals surface area contributed by atoms with Crippen molar-refractivity contribution in [2.75, 3.05) is 12.4 Å². The van der Waals surface area contributed by atoms with Crippen LogP contribution < -0.4 is 0 Å². The van der Waals surface area contributed by atoms with Crippen molar-refractivity contribution < 1.29 is 9.09 Å². The molecule has 0 saturated heterocycles. The van der Waals surface area contributed by atoms with Crippen molar-refractivity contribution in [3.8, 4) is 0 Å². The molecular weight excluding hydrogens is 203 g/mol. The Morgan fingerprint density at radius 2 is 1.85 bits per heavy atom. The highest BCUT2D eigenvalue weighted by molar-refractivity contribution is 8.50. The number of hydrogen-bond acceptors (Lipinski definition) is 3. The smallest absolute Gasteiger partial charge is 0.246 e. The summed E-state index contributed by atoms with van der Waals surface area (Å²) in [6.07, 6.45) is 6.36. The van der Waals surface area contributed by atoms with Gasteiger partial charge in [0, 0.05) is 5.75 Å². The van der Waals surface area contributed by atoms with Crippen molar-refractivity contribution >= 4 is 18.6 Å². The van der Waals surface area contributed by atoms with Gasteiger partial charge in [0.15, 0.2) is 0 Å². The highest BCUT2D eigenvalue weighted by atomic mass is 32.7. The fourth-order valence-electron chi connectivity index (χ4n) is 1.02. The van der Waals surface area contributed by atoms with Crippen LogP contribution in [0.3, 0.4) is 0 Å². The Hall–Kier alpha value is 0.540. The van der Waals surface area contributed by atoms with E-state index in [0.29, 0.717) is 6.61 Å². The summed E-state index contributed by atoms with van der Waals surface area (Å²) in [4.78, 5) is 0. The van der Waals surface area contributed by atoms with Crippen LogP contribution in [0.15, 0.2) is 0 Å². The van der Waals surface area contributed by atoms with Gasteiger partial charge in [0.1, 0.15) is 0 Å². The van der Waals surface area contributed by atoms with Crippen molar-refractivity contribution in [3.63, 3.8) is 0 Å². The van der Waals surface area contributed by atoms with Gasteiger partial charge < -0.3 is 4.52 Å². The van der Waals surface area contributed by atoms with Crippen molar-refractivity contribution in [2.24, 2.45) is 0 Å². The summed E-state index contributed by atoms with van der Waals surface area (Å²) in [5.74, 6) is 0.988. The molecule has 0 amide bonds. The first-order valence-electron chi connectivity index (χ1n) is 5.10. The van der Waals surface area contributed by atoms with E-state index in [1.165, 1.54) is 43.5 Å². The molecule has 0 aromatic rings. The molecule has 0 aromatic heterocycles. The Morgan fingerprint density at radius 3 is 2.46 bits per heavy atom. The molecule has 80 valence electrons. The fourth-order valence-corrected chi connectivity index (χ4v) is 3.39. The molecule has 0 aromatic carbocycles. The second-order valence-corrected chi connectivity index (χ2v) is 6.30. The molecule has 0 aliphatic heterocycles. The van der Waals surface area contributed by atoms with Crippen molar-refractivity contribution in [1.82, 2.24) is 0 Å². The average Bonchev–Trinajstić information content (AvgIpc) is 2.11. The lowest BCUT2D eigenvalue weighted by Crippen LogP contribution is -1.81. The second-order valence-electron chi connectivity index (χ2n) is 2.95. The van der Waals surface area contributed by atoms with Gasteiger partial charge in [-0.1, -0.05) is 44.0 Å². The lowest BCUT2D eigenvalue weighted by Gasteiger charge is -2.01. The molecule has 0 rings (SSSR count). The summed E-state index contributed by atoms with van der Waals surface area (Å²) in [5, 5.41) is 0. The maximum atomic E-state index is 11.1. The van der Waals surface area contributed by atoms with Gasteiger partial charge in [-0.2, -0.15) is 0 Å². The maximum absolute atomic E-state index is 11.1. The fraction of sp³-hybridized carbons (Fsp3) is 1.00. The van der Waals surface area contributed by atoms with Gasteiger partial charge in [0.05, 0.1) is 6.61 Å². The topological polar surface area (TPSA) is 26.3 Å². The summed E-state index contributed by atoms with van der Waals surface area (Å²) in [5.41, 5.74) is 0. The second kappa shape index (κ2) is 10.6. The first-order valence-corrected chi connectivity index (χ1v) is 8.13. The van der Waals surface area contributed by atoms with E-state index in [2.05, 4.69) is 6.92 Å². The Balaban J connectivity index is 3.02. The van der Waals surface area contributed by atoms with E-state index in [4.69, 9.17) is 4.52 Å². The lowest BCUT2D eigenvalue weighted by molar-refractivity contribution is 0.361. The molecular formula is C9H21O2PS. The molecule has 0 spiro atoms. The summed E-state index contributed by atoms with van der Waals surface area (Å²) in [6.45, 7) is 4.66.